The Hall–Kier alpha value is -2.52. The van der Waals surface area contributed by atoms with Crippen molar-refractivity contribution >= 4 is 22.0 Å². The van der Waals surface area contributed by atoms with E-state index in [2.05, 4.69) is 4.90 Å². The zero-order chi connectivity index (χ0) is 36.1. The van der Waals surface area contributed by atoms with E-state index >= 15 is 0 Å². The lowest BCUT2D eigenvalue weighted by atomic mass is 9.78. The molecule has 278 valence electrons. The first-order valence-corrected chi connectivity index (χ1v) is 18.8. The van der Waals surface area contributed by atoms with Gasteiger partial charge in [0.1, 0.15) is 17.2 Å². The smallest absolute Gasteiger partial charge is 0.444 e. The van der Waals surface area contributed by atoms with Crippen LogP contribution in [0, 0.1) is 23.5 Å². The van der Waals surface area contributed by atoms with Crippen LogP contribution in [0.3, 0.4) is 0 Å². The summed E-state index contributed by atoms with van der Waals surface area (Å²) in [6.07, 6.45) is 3.93. The number of likely N-dealkylation sites (tertiary alicyclic amines) is 2. The standard InChI is InChI=1S/C34H51F5N4O5S/c1-5-43(31(44)20-24-6-16-41(17-7-24)32(45)48-33(2,3)4)29-10-13-40(14-11-29)15-12-30(26-21-27(35)23-28(36)22-26)25-8-18-42(19-9-25)49(46,47)34(37,38)39/h21-25,29-30H,5-20H2,1-4H3/t30-/m1/s1. The molecule has 3 aliphatic rings. The summed E-state index contributed by atoms with van der Waals surface area (Å²) in [6, 6.07) is 3.37. The van der Waals surface area contributed by atoms with Gasteiger partial charge < -0.3 is 19.4 Å². The van der Waals surface area contributed by atoms with E-state index in [0.717, 1.165) is 44.8 Å². The zero-order valence-electron chi connectivity index (χ0n) is 29.0. The van der Waals surface area contributed by atoms with Gasteiger partial charge in [0, 0.05) is 64.3 Å². The molecule has 0 aliphatic carbocycles. The lowest BCUT2D eigenvalue weighted by molar-refractivity contribution is -0.135. The summed E-state index contributed by atoms with van der Waals surface area (Å²) < 4.78 is 97.7. The molecule has 1 atom stereocenters. The predicted molar refractivity (Wildman–Crippen MR) is 175 cm³/mol. The van der Waals surface area contributed by atoms with Crippen LogP contribution < -0.4 is 0 Å². The van der Waals surface area contributed by atoms with Gasteiger partial charge in [-0.25, -0.2) is 22.0 Å². The molecular weight excluding hydrogens is 671 g/mol. The highest BCUT2D eigenvalue weighted by molar-refractivity contribution is 7.90. The van der Waals surface area contributed by atoms with E-state index in [1.807, 2.05) is 32.6 Å². The molecule has 49 heavy (non-hydrogen) atoms. The van der Waals surface area contributed by atoms with Gasteiger partial charge in [-0.1, -0.05) is 0 Å². The Bertz CT molecular complexity index is 1360. The monoisotopic (exact) mass is 722 g/mol. The van der Waals surface area contributed by atoms with Gasteiger partial charge in [-0.3, -0.25) is 4.79 Å². The third kappa shape index (κ3) is 10.5. The Morgan fingerprint density at radius 1 is 0.898 bits per heavy atom. The molecule has 15 heteroatoms. The van der Waals surface area contributed by atoms with Crippen LogP contribution in [0.1, 0.15) is 90.5 Å². The highest BCUT2D eigenvalue weighted by Crippen LogP contribution is 2.39. The number of ether oxygens (including phenoxy) is 1. The summed E-state index contributed by atoms with van der Waals surface area (Å²) in [6.45, 7) is 10.6. The number of hydrogen-bond acceptors (Lipinski definition) is 6. The summed E-state index contributed by atoms with van der Waals surface area (Å²) in [7, 11) is -5.44. The summed E-state index contributed by atoms with van der Waals surface area (Å²) in [5.74, 6) is -1.78. The largest absolute Gasteiger partial charge is 0.511 e. The van der Waals surface area contributed by atoms with E-state index in [1.165, 1.54) is 12.1 Å². The Morgan fingerprint density at radius 3 is 1.98 bits per heavy atom. The van der Waals surface area contributed by atoms with Crippen LogP contribution in [0.4, 0.5) is 26.7 Å². The van der Waals surface area contributed by atoms with Gasteiger partial charge in [-0.15, -0.1) is 0 Å². The van der Waals surface area contributed by atoms with E-state index in [4.69, 9.17) is 4.74 Å². The molecule has 2 amide bonds. The lowest BCUT2D eigenvalue weighted by Crippen LogP contribution is -2.48. The molecule has 0 spiro atoms. The number of rotatable bonds is 10. The second-order valence-corrected chi connectivity index (χ2v) is 16.6. The maximum Gasteiger partial charge on any atom is 0.511 e. The fourth-order valence-electron chi connectivity index (χ4n) is 7.55. The zero-order valence-corrected chi connectivity index (χ0v) is 29.8. The third-order valence-corrected chi connectivity index (χ3v) is 11.8. The number of benzene rings is 1. The van der Waals surface area contributed by atoms with Crippen LogP contribution in [-0.4, -0.2) is 109 Å². The summed E-state index contributed by atoms with van der Waals surface area (Å²) in [5.41, 5.74) is -5.52. The van der Waals surface area contributed by atoms with Crippen molar-refractivity contribution in [2.75, 3.05) is 52.4 Å². The van der Waals surface area contributed by atoms with Crippen LogP contribution >= 0.6 is 0 Å². The number of carbonyl (C=O) groups is 2. The van der Waals surface area contributed by atoms with E-state index in [9.17, 15) is 40.0 Å². The second kappa shape index (κ2) is 16.2. The lowest BCUT2D eigenvalue weighted by Gasteiger charge is -2.40. The average Bonchev–Trinajstić information content (AvgIpc) is 3.01. The maximum atomic E-state index is 14.3. The minimum absolute atomic E-state index is 0.0867. The maximum absolute atomic E-state index is 14.3. The molecule has 0 aromatic heterocycles. The number of nitrogens with zero attached hydrogens (tertiary/aromatic N) is 4. The Labute approximate surface area is 287 Å². The molecule has 0 radical (unpaired) electrons. The highest BCUT2D eigenvalue weighted by Gasteiger charge is 2.50. The molecule has 1 aromatic rings. The van der Waals surface area contributed by atoms with E-state index in [0.29, 0.717) is 48.9 Å². The molecular formula is C34H51F5N4O5S. The molecule has 3 fully saturated rings. The number of halogens is 5. The van der Waals surface area contributed by atoms with Gasteiger partial charge >= 0.3 is 21.6 Å². The van der Waals surface area contributed by atoms with Crippen molar-refractivity contribution in [3.63, 3.8) is 0 Å². The number of carbonyl (C=O) groups excluding carboxylic acids is 2. The summed E-state index contributed by atoms with van der Waals surface area (Å²) in [5, 5.41) is 0. The third-order valence-electron chi connectivity index (χ3n) is 10.2. The van der Waals surface area contributed by atoms with Crippen molar-refractivity contribution in [3.05, 3.63) is 35.4 Å². The Balaban J connectivity index is 1.29. The predicted octanol–water partition coefficient (Wildman–Crippen LogP) is 6.35. The second-order valence-electron chi connectivity index (χ2n) is 14.7. The first-order valence-electron chi connectivity index (χ1n) is 17.4. The fraction of sp³-hybridized carbons (Fsp3) is 0.765. The SMILES string of the molecule is CCN(C(=O)CC1CCN(C(=O)OC(C)(C)C)CC1)C1CCN(CC[C@@H](c2cc(F)cc(F)c2)C2CCN(S(=O)(=O)C(F)(F)F)CC2)CC1. The number of piperidine rings is 3. The quantitative estimate of drug-likeness (QED) is 0.262. The number of alkyl halides is 3. The molecule has 9 nitrogen and oxygen atoms in total. The van der Waals surface area contributed by atoms with E-state index in [1.54, 1.807) is 4.90 Å². The number of amides is 2. The Kier molecular flexibility index (Phi) is 13.0. The van der Waals surface area contributed by atoms with Gasteiger partial charge in [-0.05, 0) is 115 Å². The minimum atomic E-state index is -5.44. The fourth-order valence-corrected chi connectivity index (χ4v) is 8.54. The van der Waals surface area contributed by atoms with Gasteiger partial charge in [0.25, 0.3) is 0 Å². The van der Waals surface area contributed by atoms with Crippen molar-refractivity contribution in [2.45, 2.75) is 102 Å². The van der Waals surface area contributed by atoms with Crippen LogP contribution in [0.5, 0.6) is 0 Å². The van der Waals surface area contributed by atoms with Gasteiger partial charge in [0.2, 0.25) is 5.91 Å². The summed E-state index contributed by atoms with van der Waals surface area (Å²) in [4.78, 5) is 31.7. The average molecular weight is 723 g/mol. The first-order chi connectivity index (χ1) is 22.9. The van der Waals surface area contributed by atoms with Gasteiger partial charge in [0.15, 0.2) is 0 Å². The molecule has 4 rings (SSSR count). The van der Waals surface area contributed by atoms with Crippen molar-refractivity contribution in [3.8, 4) is 0 Å². The topological polar surface area (TPSA) is 90.5 Å². The van der Waals surface area contributed by atoms with Crippen LogP contribution in [0.15, 0.2) is 18.2 Å². The highest BCUT2D eigenvalue weighted by atomic mass is 32.2. The summed E-state index contributed by atoms with van der Waals surface area (Å²) >= 11 is 0. The molecule has 1 aromatic carbocycles. The first kappa shape index (κ1) is 39.3. The molecule has 0 bridgehead atoms. The van der Waals surface area contributed by atoms with Crippen molar-refractivity contribution in [2.24, 2.45) is 11.8 Å². The van der Waals surface area contributed by atoms with Crippen molar-refractivity contribution < 1.29 is 44.7 Å². The van der Waals surface area contributed by atoms with Crippen molar-refractivity contribution in [1.29, 1.82) is 0 Å². The van der Waals surface area contributed by atoms with E-state index < -0.39 is 32.8 Å². The number of sulfonamides is 1. The van der Waals surface area contributed by atoms with Gasteiger partial charge in [-0.2, -0.15) is 17.5 Å². The molecule has 3 aliphatic heterocycles. The van der Waals surface area contributed by atoms with Crippen LogP contribution in [0.2, 0.25) is 0 Å². The Morgan fingerprint density at radius 2 is 1.47 bits per heavy atom. The molecule has 3 heterocycles. The van der Waals surface area contributed by atoms with E-state index in [-0.39, 0.29) is 61.7 Å². The van der Waals surface area contributed by atoms with Crippen LogP contribution in [-0.2, 0) is 19.6 Å². The molecule has 0 N–H and O–H groups in total. The van der Waals surface area contributed by atoms with Crippen molar-refractivity contribution in [1.82, 2.24) is 19.0 Å². The molecule has 0 unspecified atom stereocenters. The van der Waals surface area contributed by atoms with Gasteiger partial charge in [0.05, 0.1) is 0 Å². The molecule has 3 saturated heterocycles. The molecule has 0 saturated carbocycles. The van der Waals surface area contributed by atoms with Crippen LogP contribution in [0.25, 0.3) is 0 Å². The minimum Gasteiger partial charge on any atom is -0.444 e. The normalized spacial score (nSPS) is 20.7. The number of hydrogen-bond donors (Lipinski definition) is 0.